The van der Waals surface area contributed by atoms with Crippen molar-refractivity contribution in [2.24, 2.45) is 0 Å². The Hall–Kier alpha value is -2.49. The molecule has 1 aliphatic rings. The van der Waals surface area contributed by atoms with E-state index in [2.05, 4.69) is 23.7 Å². The predicted octanol–water partition coefficient (Wildman–Crippen LogP) is 2.41. The smallest absolute Gasteiger partial charge is 0.315 e. The summed E-state index contributed by atoms with van der Waals surface area (Å²) >= 11 is 0. The zero-order chi connectivity index (χ0) is 22.8. The lowest BCUT2D eigenvalue weighted by Gasteiger charge is -2.48. The number of hydrogen-bond acceptors (Lipinski definition) is 5. The fourth-order valence-corrected chi connectivity index (χ4v) is 3.55. The number of benzene rings is 1. The van der Waals surface area contributed by atoms with E-state index in [0.29, 0.717) is 24.8 Å². The Balaban J connectivity index is 1.68. The maximum Gasteiger partial charge on any atom is 0.315 e. The van der Waals surface area contributed by atoms with Crippen molar-refractivity contribution in [1.82, 2.24) is 15.2 Å². The van der Waals surface area contributed by atoms with Crippen molar-refractivity contribution in [2.75, 3.05) is 19.8 Å². The third-order valence-electron chi connectivity index (χ3n) is 5.56. The lowest BCUT2D eigenvalue weighted by atomic mass is 9.88. The average molecular weight is 437 g/mol. The van der Waals surface area contributed by atoms with Gasteiger partial charge in [0.2, 0.25) is 0 Å². The van der Waals surface area contributed by atoms with Gasteiger partial charge in [-0.25, -0.2) is 4.39 Å². The topological polar surface area (TPSA) is 85.7 Å². The van der Waals surface area contributed by atoms with Gasteiger partial charge in [0.05, 0.1) is 11.7 Å². The van der Waals surface area contributed by atoms with Gasteiger partial charge in [0.1, 0.15) is 18.4 Å². The van der Waals surface area contributed by atoms with E-state index < -0.39 is 36.8 Å². The second-order valence-electron chi connectivity index (χ2n) is 8.10. The molecule has 0 bridgehead atoms. The first kappa shape index (κ1) is 23.2. The van der Waals surface area contributed by atoms with Crippen molar-refractivity contribution in [1.29, 1.82) is 0 Å². The Morgan fingerprint density at radius 1 is 1.16 bits per heavy atom. The molecule has 1 aromatic carbocycles. The minimum atomic E-state index is -3.29. The van der Waals surface area contributed by atoms with E-state index in [-0.39, 0.29) is 5.56 Å². The molecule has 9 heteroatoms. The first-order valence-corrected chi connectivity index (χ1v) is 10.0. The Labute approximate surface area is 178 Å². The SMILES string of the molecule is CC(C)N1CC(O)(c2ccc(-c3ccc([C@@H](O)[C@@H](CF)NC(=O)C(F)F)cc3)cn2)C1. The third kappa shape index (κ3) is 5.06. The molecule has 1 saturated heterocycles. The molecule has 1 aromatic heterocycles. The number of amides is 1. The van der Waals surface area contributed by atoms with Crippen molar-refractivity contribution in [3.8, 4) is 11.1 Å². The fourth-order valence-electron chi connectivity index (χ4n) is 3.55. The summed E-state index contributed by atoms with van der Waals surface area (Å²) in [5, 5.41) is 22.7. The van der Waals surface area contributed by atoms with Crippen LogP contribution in [0.1, 0.15) is 31.2 Å². The van der Waals surface area contributed by atoms with Gasteiger partial charge in [-0.15, -0.1) is 0 Å². The van der Waals surface area contributed by atoms with Gasteiger partial charge in [-0.3, -0.25) is 14.7 Å². The van der Waals surface area contributed by atoms with E-state index in [1.165, 1.54) is 12.1 Å². The van der Waals surface area contributed by atoms with E-state index in [0.717, 1.165) is 11.1 Å². The number of aliphatic hydroxyl groups excluding tert-OH is 1. The molecule has 168 valence electrons. The highest BCUT2D eigenvalue weighted by atomic mass is 19.3. The van der Waals surface area contributed by atoms with Gasteiger partial charge >= 0.3 is 6.43 Å². The molecular weight excluding hydrogens is 411 g/mol. The summed E-state index contributed by atoms with van der Waals surface area (Å²) < 4.78 is 37.9. The van der Waals surface area contributed by atoms with Gasteiger partial charge in [-0.2, -0.15) is 8.78 Å². The molecule has 31 heavy (non-hydrogen) atoms. The van der Waals surface area contributed by atoms with Gasteiger partial charge in [0.15, 0.2) is 0 Å². The van der Waals surface area contributed by atoms with Gasteiger partial charge in [-0.1, -0.05) is 30.3 Å². The molecule has 0 spiro atoms. The number of hydrogen-bond donors (Lipinski definition) is 3. The maximum absolute atomic E-state index is 13.1. The van der Waals surface area contributed by atoms with E-state index in [1.807, 2.05) is 6.07 Å². The van der Waals surface area contributed by atoms with E-state index in [4.69, 9.17) is 0 Å². The van der Waals surface area contributed by atoms with Gasteiger partial charge in [0.25, 0.3) is 5.91 Å². The van der Waals surface area contributed by atoms with Crippen LogP contribution in [0.15, 0.2) is 42.6 Å². The van der Waals surface area contributed by atoms with E-state index in [1.54, 1.807) is 29.7 Å². The summed E-state index contributed by atoms with van der Waals surface area (Å²) in [6.45, 7) is 4.01. The minimum absolute atomic E-state index is 0.281. The number of carbonyl (C=O) groups is 1. The predicted molar refractivity (Wildman–Crippen MR) is 109 cm³/mol. The van der Waals surface area contributed by atoms with Crippen LogP contribution in [-0.2, 0) is 10.4 Å². The largest absolute Gasteiger partial charge is 0.386 e. The second kappa shape index (κ2) is 9.33. The molecule has 1 amide bonds. The van der Waals surface area contributed by atoms with Crippen molar-refractivity contribution in [3.63, 3.8) is 0 Å². The van der Waals surface area contributed by atoms with Crippen molar-refractivity contribution < 1.29 is 28.2 Å². The molecule has 0 aliphatic carbocycles. The number of rotatable bonds is 8. The van der Waals surface area contributed by atoms with Crippen LogP contribution >= 0.6 is 0 Å². The zero-order valence-corrected chi connectivity index (χ0v) is 17.3. The van der Waals surface area contributed by atoms with Gasteiger partial charge in [-0.05, 0) is 31.0 Å². The summed E-state index contributed by atoms with van der Waals surface area (Å²) in [5.74, 6) is -1.63. The van der Waals surface area contributed by atoms with Crippen LogP contribution in [0.25, 0.3) is 11.1 Å². The van der Waals surface area contributed by atoms with Gasteiger partial charge in [0, 0.05) is 30.9 Å². The summed E-state index contributed by atoms with van der Waals surface area (Å²) in [6.07, 6.45) is -3.12. The number of aromatic nitrogens is 1. The van der Waals surface area contributed by atoms with Gasteiger partial charge < -0.3 is 15.5 Å². The Morgan fingerprint density at radius 3 is 2.26 bits per heavy atom. The molecule has 2 atom stereocenters. The Bertz CT molecular complexity index is 885. The summed E-state index contributed by atoms with van der Waals surface area (Å²) in [6, 6.07) is 8.91. The first-order valence-electron chi connectivity index (χ1n) is 10.0. The zero-order valence-electron chi connectivity index (χ0n) is 17.3. The highest BCUT2D eigenvalue weighted by Crippen LogP contribution is 2.33. The number of nitrogens with one attached hydrogen (secondary N) is 1. The second-order valence-corrected chi connectivity index (χ2v) is 8.10. The van der Waals surface area contributed by atoms with Crippen LogP contribution in [0, 0.1) is 0 Å². The molecule has 6 nitrogen and oxygen atoms in total. The molecular formula is C22H26F3N3O3. The highest BCUT2D eigenvalue weighted by molar-refractivity contribution is 5.79. The average Bonchev–Trinajstić information content (AvgIpc) is 2.74. The molecule has 2 heterocycles. The normalized spacial score (nSPS) is 18.0. The number of β-amino-alcohol motifs (C(OH)–C–C–N with tert-alkyl or cyclic N) is 1. The lowest BCUT2D eigenvalue weighted by Crippen LogP contribution is -2.61. The number of carbonyl (C=O) groups excluding carboxylic acids is 1. The van der Waals surface area contributed by atoms with Crippen LogP contribution in [0.5, 0.6) is 0 Å². The lowest BCUT2D eigenvalue weighted by molar-refractivity contribution is -0.133. The molecule has 3 N–H and O–H groups in total. The Morgan fingerprint density at radius 2 is 1.77 bits per heavy atom. The number of halogens is 3. The van der Waals surface area contributed by atoms with E-state index in [9.17, 15) is 28.2 Å². The first-order chi connectivity index (χ1) is 14.6. The van der Waals surface area contributed by atoms with Crippen molar-refractivity contribution in [3.05, 3.63) is 53.9 Å². The monoisotopic (exact) mass is 437 g/mol. The molecule has 0 radical (unpaired) electrons. The van der Waals surface area contributed by atoms with Crippen molar-refractivity contribution in [2.45, 2.75) is 44.1 Å². The minimum Gasteiger partial charge on any atom is -0.386 e. The molecule has 2 aromatic rings. The molecule has 0 saturated carbocycles. The number of aliphatic hydroxyl groups is 2. The van der Waals surface area contributed by atoms with E-state index >= 15 is 0 Å². The summed E-state index contributed by atoms with van der Waals surface area (Å²) in [5.41, 5.74) is 1.47. The molecule has 1 fully saturated rings. The maximum atomic E-state index is 13.1. The summed E-state index contributed by atoms with van der Waals surface area (Å²) in [4.78, 5) is 17.6. The summed E-state index contributed by atoms with van der Waals surface area (Å²) in [7, 11) is 0. The van der Waals surface area contributed by atoms with Crippen LogP contribution in [0.2, 0.25) is 0 Å². The molecule has 0 unspecified atom stereocenters. The quantitative estimate of drug-likeness (QED) is 0.591. The molecule has 3 rings (SSSR count). The standard InChI is InChI=1S/C22H26F3N3O3/c1-13(2)28-11-22(31,12-28)18-8-7-16(10-26-18)14-3-5-15(6-4-14)19(29)17(9-23)27-21(30)20(24)25/h3-8,10,13,17,19-20,29,31H,9,11-12H2,1-2H3,(H,27,30)/t17-,19-/m1/s1. The van der Waals surface area contributed by atoms with Crippen LogP contribution in [-0.4, -0.2) is 64.3 Å². The van der Waals surface area contributed by atoms with Crippen molar-refractivity contribution >= 4 is 5.91 Å². The fraction of sp³-hybridized carbons (Fsp3) is 0.455. The molecule has 1 aliphatic heterocycles. The Kier molecular flexibility index (Phi) is 6.98. The van der Waals surface area contributed by atoms with Crippen LogP contribution in [0.3, 0.4) is 0 Å². The van der Waals surface area contributed by atoms with Crippen LogP contribution in [0.4, 0.5) is 13.2 Å². The number of alkyl halides is 3. The number of nitrogens with zero attached hydrogens (tertiary/aromatic N) is 2. The highest BCUT2D eigenvalue weighted by Gasteiger charge is 2.44. The number of pyridine rings is 1. The number of likely N-dealkylation sites (tertiary alicyclic amines) is 1. The van der Waals surface area contributed by atoms with Crippen LogP contribution < -0.4 is 5.32 Å². The third-order valence-corrected chi connectivity index (χ3v) is 5.56.